The zero-order valence-electron chi connectivity index (χ0n) is 10.7. The highest BCUT2D eigenvalue weighted by molar-refractivity contribution is 7.09. The van der Waals surface area contributed by atoms with Crippen molar-refractivity contribution in [3.63, 3.8) is 0 Å². The fraction of sp³-hybridized carbons (Fsp3) is 0.462. The summed E-state index contributed by atoms with van der Waals surface area (Å²) in [5.74, 6) is 0.813. The molecule has 0 bridgehead atoms. The number of nitrogens with zero attached hydrogens (tertiary/aromatic N) is 1. The van der Waals surface area contributed by atoms with Gasteiger partial charge in [-0.1, -0.05) is 0 Å². The monoisotopic (exact) mass is 282 g/mol. The third-order valence-corrected chi connectivity index (χ3v) is 3.41. The predicted octanol–water partition coefficient (Wildman–Crippen LogP) is 1.54. The molecule has 2 heterocycles. The predicted molar refractivity (Wildman–Crippen MR) is 74.3 cm³/mol. The van der Waals surface area contributed by atoms with E-state index >= 15 is 0 Å². The number of aliphatic hydroxyl groups excluding tert-OH is 1. The molecule has 2 N–H and O–H groups in total. The van der Waals surface area contributed by atoms with Crippen molar-refractivity contribution in [3.8, 4) is 11.5 Å². The second-order valence-electron chi connectivity index (χ2n) is 3.94. The van der Waals surface area contributed by atoms with Gasteiger partial charge in [-0.15, -0.1) is 11.3 Å². The molecule has 2 aromatic heterocycles. The van der Waals surface area contributed by atoms with Gasteiger partial charge < -0.3 is 19.6 Å². The van der Waals surface area contributed by atoms with Crippen LogP contribution in [-0.4, -0.2) is 43.0 Å². The van der Waals surface area contributed by atoms with Gasteiger partial charge in [0.25, 0.3) is 0 Å². The molecule has 104 valence electrons. The Hall–Kier alpha value is -1.21. The molecule has 0 aliphatic rings. The summed E-state index contributed by atoms with van der Waals surface area (Å²) in [6.45, 7) is 2.76. The van der Waals surface area contributed by atoms with Crippen LogP contribution in [0.2, 0.25) is 0 Å². The second-order valence-corrected chi connectivity index (χ2v) is 4.88. The van der Waals surface area contributed by atoms with E-state index in [1.807, 2.05) is 17.5 Å². The molecule has 0 spiro atoms. The molecule has 0 aliphatic heterocycles. The van der Waals surface area contributed by atoms with Crippen LogP contribution in [0.5, 0.6) is 0 Å². The number of hydrogen-bond donors (Lipinski definition) is 2. The average molecular weight is 282 g/mol. The lowest BCUT2D eigenvalue weighted by Gasteiger charge is -2.03. The van der Waals surface area contributed by atoms with E-state index in [2.05, 4.69) is 10.3 Å². The van der Waals surface area contributed by atoms with Crippen molar-refractivity contribution in [2.45, 2.75) is 6.42 Å². The summed E-state index contributed by atoms with van der Waals surface area (Å²) in [5.41, 5.74) is 0.899. The van der Waals surface area contributed by atoms with Crippen LogP contribution in [0.15, 0.2) is 28.2 Å². The Bertz CT molecular complexity index is 456. The van der Waals surface area contributed by atoms with Crippen molar-refractivity contribution in [2.24, 2.45) is 0 Å². The van der Waals surface area contributed by atoms with Crippen molar-refractivity contribution in [3.05, 3.63) is 28.8 Å². The van der Waals surface area contributed by atoms with Crippen LogP contribution in [0.3, 0.4) is 0 Å². The Morgan fingerprint density at radius 3 is 3.11 bits per heavy atom. The van der Waals surface area contributed by atoms with Gasteiger partial charge in [-0.25, -0.2) is 4.98 Å². The Balaban J connectivity index is 1.64. The number of furan rings is 1. The number of hydrogen-bond acceptors (Lipinski definition) is 6. The molecule has 2 aromatic rings. The first-order valence-corrected chi connectivity index (χ1v) is 7.15. The Labute approximate surface area is 116 Å². The quantitative estimate of drug-likeness (QED) is 0.683. The van der Waals surface area contributed by atoms with Crippen LogP contribution < -0.4 is 5.32 Å². The van der Waals surface area contributed by atoms with Gasteiger partial charge in [0.2, 0.25) is 0 Å². The zero-order valence-corrected chi connectivity index (χ0v) is 11.5. The fourth-order valence-electron chi connectivity index (χ4n) is 1.59. The first-order valence-electron chi connectivity index (χ1n) is 6.28. The Morgan fingerprint density at radius 2 is 2.32 bits per heavy atom. The van der Waals surface area contributed by atoms with Crippen LogP contribution in [0, 0.1) is 0 Å². The molecule has 0 unspecified atom stereocenters. The second kappa shape index (κ2) is 8.06. The van der Waals surface area contributed by atoms with Gasteiger partial charge in [0, 0.05) is 24.9 Å². The molecule has 0 saturated carbocycles. The third-order valence-electron chi connectivity index (χ3n) is 2.50. The van der Waals surface area contributed by atoms with Gasteiger partial charge in [0.15, 0.2) is 5.76 Å². The van der Waals surface area contributed by atoms with E-state index in [0.29, 0.717) is 13.2 Å². The minimum Gasteiger partial charge on any atom is -0.463 e. The SMILES string of the molecule is OCCOCCNCCc1nc(-c2ccco2)cs1. The number of thiazole rings is 1. The highest BCUT2D eigenvalue weighted by Crippen LogP contribution is 2.22. The summed E-state index contributed by atoms with van der Waals surface area (Å²) in [4.78, 5) is 4.52. The smallest absolute Gasteiger partial charge is 0.153 e. The van der Waals surface area contributed by atoms with E-state index in [4.69, 9.17) is 14.3 Å². The summed E-state index contributed by atoms with van der Waals surface area (Å²) in [5, 5.41) is 14.9. The van der Waals surface area contributed by atoms with Gasteiger partial charge in [0.05, 0.1) is 31.1 Å². The van der Waals surface area contributed by atoms with E-state index in [9.17, 15) is 0 Å². The van der Waals surface area contributed by atoms with E-state index in [1.165, 1.54) is 0 Å². The van der Waals surface area contributed by atoms with Crippen LogP contribution in [0.1, 0.15) is 5.01 Å². The van der Waals surface area contributed by atoms with Crippen LogP contribution >= 0.6 is 11.3 Å². The molecule has 19 heavy (non-hydrogen) atoms. The lowest BCUT2D eigenvalue weighted by atomic mass is 10.3. The van der Waals surface area contributed by atoms with Crippen molar-refractivity contribution >= 4 is 11.3 Å². The molecule has 2 rings (SSSR count). The standard InChI is InChI=1S/C13H18N2O3S/c16-6-9-17-8-5-14-4-3-13-15-11(10-19-13)12-2-1-7-18-12/h1-2,7,10,14,16H,3-6,8-9H2. The number of aromatic nitrogens is 1. The molecular formula is C13H18N2O3S. The highest BCUT2D eigenvalue weighted by atomic mass is 32.1. The molecule has 0 saturated heterocycles. The first-order chi connectivity index (χ1) is 9.40. The normalized spacial score (nSPS) is 11.0. The minimum atomic E-state index is 0.0780. The lowest BCUT2D eigenvalue weighted by Crippen LogP contribution is -2.22. The Kier molecular flexibility index (Phi) is 6.03. The summed E-state index contributed by atoms with van der Waals surface area (Å²) in [7, 11) is 0. The third kappa shape index (κ3) is 4.76. The topological polar surface area (TPSA) is 67.5 Å². The summed E-state index contributed by atoms with van der Waals surface area (Å²) < 4.78 is 10.5. The van der Waals surface area contributed by atoms with Crippen molar-refractivity contribution in [1.82, 2.24) is 10.3 Å². The molecule has 0 radical (unpaired) electrons. The maximum atomic E-state index is 8.54. The van der Waals surface area contributed by atoms with Gasteiger partial charge in [-0.2, -0.15) is 0 Å². The summed E-state index contributed by atoms with van der Waals surface area (Å²) >= 11 is 1.64. The van der Waals surface area contributed by atoms with E-state index in [0.717, 1.165) is 36.0 Å². The van der Waals surface area contributed by atoms with E-state index in [1.54, 1.807) is 17.6 Å². The Morgan fingerprint density at radius 1 is 1.37 bits per heavy atom. The van der Waals surface area contributed by atoms with Crippen molar-refractivity contribution in [1.29, 1.82) is 0 Å². The summed E-state index contributed by atoms with van der Waals surface area (Å²) in [6.07, 6.45) is 2.55. The molecule has 5 nitrogen and oxygen atoms in total. The van der Waals surface area contributed by atoms with Crippen molar-refractivity contribution < 1.29 is 14.3 Å². The van der Waals surface area contributed by atoms with Crippen LogP contribution in [0.4, 0.5) is 0 Å². The van der Waals surface area contributed by atoms with Crippen LogP contribution in [-0.2, 0) is 11.2 Å². The minimum absolute atomic E-state index is 0.0780. The number of ether oxygens (including phenoxy) is 1. The zero-order chi connectivity index (χ0) is 13.3. The molecule has 0 aliphatic carbocycles. The number of nitrogens with one attached hydrogen (secondary N) is 1. The molecule has 0 aromatic carbocycles. The number of rotatable bonds is 9. The van der Waals surface area contributed by atoms with Gasteiger partial charge in [0.1, 0.15) is 5.69 Å². The molecular weight excluding hydrogens is 264 g/mol. The summed E-state index contributed by atoms with van der Waals surface area (Å²) in [6, 6.07) is 3.78. The largest absolute Gasteiger partial charge is 0.463 e. The first kappa shape index (κ1) is 14.2. The fourth-order valence-corrected chi connectivity index (χ4v) is 2.38. The van der Waals surface area contributed by atoms with Gasteiger partial charge in [-0.05, 0) is 12.1 Å². The molecule has 0 fully saturated rings. The maximum Gasteiger partial charge on any atom is 0.153 e. The van der Waals surface area contributed by atoms with E-state index in [-0.39, 0.29) is 6.61 Å². The highest BCUT2D eigenvalue weighted by Gasteiger charge is 2.06. The van der Waals surface area contributed by atoms with E-state index < -0.39 is 0 Å². The van der Waals surface area contributed by atoms with Crippen molar-refractivity contribution in [2.75, 3.05) is 32.9 Å². The van der Waals surface area contributed by atoms with Gasteiger partial charge in [-0.3, -0.25) is 0 Å². The molecule has 0 atom stereocenters. The lowest BCUT2D eigenvalue weighted by molar-refractivity contribution is 0.0940. The number of aliphatic hydroxyl groups is 1. The maximum absolute atomic E-state index is 8.54. The molecule has 0 amide bonds. The van der Waals surface area contributed by atoms with Gasteiger partial charge >= 0.3 is 0 Å². The molecule has 6 heteroatoms. The average Bonchev–Trinajstić information content (AvgIpc) is 3.08. The van der Waals surface area contributed by atoms with Crippen LogP contribution in [0.25, 0.3) is 11.5 Å².